The van der Waals surface area contributed by atoms with Crippen molar-refractivity contribution in [2.24, 2.45) is 12.8 Å². The zero-order chi connectivity index (χ0) is 25.6. The lowest BCUT2D eigenvalue weighted by Crippen LogP contribution is -2.46. The second-order valence-corrected chi connectivity index (χ2v) is 10.3. The van der Waals surface area contributed by atoms with Gasteiger partial charge in [-0.15, -0.1) is 0 Å². The van der Waals surface area contributed by atoms with E-state index in [1.807, 2.05) is 23.9 Å². The molecular formula is C28H32N8O. The molecule has 3 N–H and O–H groups in total. The first kappa shape index (κ1) is 23.7. The van der Waals surface area contributed by atoms with Gasteiger partial charge in [-0.05, 0) is 49.5 Å². The minimum absolute atomic E-state index is 0.346. The highest BCUT2D eigenvalue weighted by Gasteiger charge is 2.30. The van der Waals surface area contributed by atoms with Crippen LogP contribution in [0.3, 0.4) is 0 Å². The molecule has 1 aliphatic carbocycles. The summed E-state index contributed by atoms with van der Waals surface area (Å²) in [6.07, 6.45) is 9.93. The molecule has 0 radical (unpaired) electrons. The van der Waals surface area contributed by atoms with Crippen LogP contribution in [0.5, 0.6) is 0 Å². The van der Waals surface area contributed by atoms with Crippen molar-refractivity contribution >= 4 is 28.9 Å². The van der Waals surface area contributed by atoms with E-state index in [0.29, 0.717) is 24.2 Å². The number of hydrogen-bond donors (Lipinski definition) is 2. The topological polar surface area (TPSA) is 117 Å². The van der Waals surface area contributed by atoms with Crippen molar-refractivity contribution in [1.82, 2.24) is 29.7 Å². The second-order valence-electron chi connectivity index (χ2n) is 10.3. The van der Waals surface area contributed by atoms with Gasteiger partial charge in [0.25, 0.3) is 0 Å². The fraction of sp³-hybridized carbons (Fsp3) is 0.393. The van der Waals surface area contributed by atoms with E-state index in [4.69, 9.17) is 15.5 Å². The number of ether oxygens (including phenoxy) is 1. The number of hydrogen-bond acceptors (Lipinski definition) is 8. The molecule has 4 aromatic rings. The summed E-state index contributed by atoms with van der Waals surface area (Å²) in [7, 11) is 2.00. The number of aryl methyl sites for hydroxylation is 1. The van der Waals surface area contributed by atoms with Crippen LogP contribution in [0.25, 0.3) is 34.3 Å². The van der Waals surface area contributed by atoms with Gasteiger partial charge in [0.2, 0.25) is 0 Å². The normalized spacial score (nSPS) is 19.9. The molecule has 1 unspecified atom stereocenters. The Morgan fingerprint density at radius 3 is 2.78 bits per heavy atom. The van der Waals surface area contributed by atoms with Gasteiger partial charge in [0.05, 0.1) is 16.6 Å². The minimum Gasteiger partial charge on any atom is -0.381 e. The van der Waals surface area contributed by atoms with E-state index in [1.165, 1.54) is 5.69 Å². The number of aromatic nitrogens is 6. The summed E-state index contributed by atoms with van der Waals surface area (Å²) < 4.78 is 7.45. The van der Waals surface area contributed by atoms with Crippen LogP contribution in [0.2, 0.25) is 0 Å². The molecule has 6 rings (SSSR count). The van der Waals surface area contributed by atoms with E-state index in [0.717, 1.165) is 64.6 Å². The molecular weight excluding hydrogens is 464 g/mol. The summed E-state index contributed by atoms with van der Waals surface area (Å²) in [6.45, 7) is 5.91. The van der Waals surface area contributed by atoms with E-state index in [-0.39, 0.29) is 0 Å². The number of nitrogens with two attached hydrogens (primary N) is 1. The molecule has 0 saturated carbocycles. The van der Waals surface area contributed by atoms with Gasteiger partial charge in [-0.1, -0.05) is 26.0 Å². The molecule has 3 aromatic heterocycles. The average Bonchev–Trinajstić information content (AvgIpc) is 3.24. The zero-order valence-electron chi connectivity index (χ0n) is 21.5. The average molecular weight is 497 g/mol. The summed E-state index contributed by atoms with van der Waals surface area (Å²) in [6, 6.07) is 8.55. The molecule has 1 fully saturated rings. The van der Waals surface area contributed by atoms with Crippen LogP contribution in [0.1, 0.15) is 50.5 Å². The Morgan fingerprint density at radius 2 is 1.97 bits per heavy atom. The minimum atomic E-state index is -0.866. The van der Waals surface area contributed by atoms with Crippen molar-refractivity contribution in [2.45, 2.75) is 50.6 Å². The molecule has 1 atom stereocenters. The van der Waals surface area contributed by atoms with Crippen LogP contribution < -0.4 is 21.6 Å². The van der Waals surface area contributed by atoms with E-state index in [2.05, 4.69) is 63.5 Å². The van der Waals surface area contributed by atoms with Crippen LogP contribution in [0.4, 0.5) is 5.82 Å². The molecule has 2 aliphatic rings. The van der Waals surface area contributed by atoms with Crippen LogP contribution in [-0.4, -0.2) is 49.0 Å². The van der Waals surface area contributed by atoms with Gasteiger partial charge >= 0.3 is 0 Å². The van der Waals surface area contributed by atoms with Crippen LogP contribution >= 0.6 is 0 Å². The van der Waals surface area contributed by atoms with E-state index >= 15 is 0 Å². The molecule has 190 valence electrons. The predicted molar refractivity (Wildman–Crippen MR) is 144 cm³/mol. The Kier molecular flexibility index (Phi) is 5.97. The summed E-state index contributed by atoms with van der Waals surface area (Å²) in [5.41, 5.74) is 10.1. The molecule has 1 aromatic carbocycles. The lowest BCUT2D eigenvalue weighted by molar-refractivity contribution is 0.0903. The monoisotopic (exact) mass is 496 g/mol. The third-order valence-corrected chi connectivity index (χ3v) is 7.31. The maximum absolute atomic E-state index is 6.91. The Hall–Kier alpha value is -3.69. The quantitative estimate of drug-likeness (QED) is 0.433. The van der Waals surface area contributed by atoms with Crippen molar-refractivity contribution in [2.75, 3.05) is 18.5 Å². The summed E-state index contributed by atoms with van der Waals surface area (Å²) in [5.74, 6) is 1.77. The Bertz CT molecular complexity index is 1590. The summed E-state index contributed by atoms with van der Waals surface area (Å²) >= 11 is 0. The number of benzene rings is 1. The van der Waals surface area contributed by atoms with Crippen LogP contribution in [0, 0.1) is 0 Å². The van der Waals surface area contributed by atoms with Gasteiger partial charge in [-0.3, -0.25) is 4.68 Å². The number of nitrogens with one attached hydrogen (secondary N) is 1. The van der Waals surface area contributed by atoms with E-state index in [1.54, 1.807) is 12.5 Å². The highest BCUT2D eigenvalue weighted by molar-refractivity contribution is 5.86. The molecule has 4 heterocycles. The van der Waals surface area contributed by atoms with Crippen molar-refractivity contribution in [3.63, 3.8) is 0 Å². The molecule has 37 heavy (non-hydrogen) atoms. The third kappa shape index (κ3) is 4.38. The first-order chi connectivity index (χ1) is 17.9. The fourth-order valence-corrected chi connectivity index (χ4v) is 5.41. The lowest BCUT2D eigenvalue weighted by atomic mass is 9.90. The molecule has 1 saturated heterocycles. The SMILES string of the molecule is CC(C)c1c2cc(-c3ccnc(C4(N)C=c5ncnc(NC6CCOCC6)c5=CC4)n3)ccc2nn1C. The second kappa shape index (κ2) is 9.32. The van der Waals surface area contributed by atoms with Crippen molar-refractivity contribution in [3.05, 3.63) is 58.9 Å². The Balaban J connectivity index is 1.35. The molecule has 9 heteroatoms. The highest BCUT2D eigenvalue weighted by Crippen LogP contribution is 2.30. The first-order valence-electron chi connectivity index (χ1n) is 12.9. The molecule has 0 amide bonds. The first-order valence-corrected chi connectivity index (χ1v) is 12.9. The smallest absolute Gasteiger partial charge is 0.153 e. The number of rotatable bonds is 5. The zero-order valence-corrected chi connectivity index (χ0v) is 21.5. The maximum atomic E-state index is 6.91. The van der Waals surface area contributed by atoms with Gasteiger partial charge in [0.15, 0.2) is 5.82 Å². The Morgan fingerprint density at radius 1 is 1.14 bits per heavy atom. The Labute approximate surface area is 215 Å². The van der Waals surface area contributed by atoms with Gasteiger partial charge in [0.1, 0.15) is 17.7 Å². The van der Waals surface area contributed by atoms with Crippen molar-refractivity contribution < 1.29 is 4.74 Å². The molecule has 0 spiro atoms. The maximum Gasteiger partial charge on any atom is 0.153 e. The number of anilines is 1. The lowest BCUT2D eigenvalue weighted by Gasteiger charge is -2.27. The number of fused-ring (bicyclic) bond motifs is 2. The molecule has 0 bridgehead atoms. The predicted octanol–water partition coefficient (Wildman–Crippen LogP) is 2.35. The fourth-order valence-electron chi connectivity index (χ4n) is 5.41. The van der Waals surface area contributed by atoms with Crippen LogP contribution in [-0.2, 0) is 17.3 Å². The standard InChI is InChI=1S/C28H32N8O/c1-17(2)25-21-14-18(4-5-23(21)35-36(25)3)22-7-11-30-27(34-22)28(29)10-6-20-24(15-28)31-16-32-26(20)33-19-8-12-37-13-9-19/h4-7,11,14-17,19H,8-10,12-13,29H2,1-3H3,(H,31,32,33). The van der Waals surface area contributed by atoms with Crippen LogP contribution in [0.15, 0.2) is 36.8 Å². The summed E-state index contributed by atoms with van der Waals surface area (Å²) in [5, 5.41) is 11.2. The molecule has 9 nitrogen and oxygen atoms in total. The van der Waals surface area contributed by atoms with Gasteiger partial charge in [0, 0.05) is 54.4 Å². The van der Waals surface area contributed by atoms with Crippen molar-refractivity contribution in [3.8, 4) is 11.3 Å². The largest absolute Gasteiger partial charge is 0.381 e. The van der Waals surface area contributed by atoms with Gasteiger partial charge in [-0.25, -0.2) is 19.9 Å². The van der Waals surface area contributed by atoms with Gasteiger partial charge in [-0.2, -0.15) is 5.10 Å². The van der Waals surface area contributed by atoms with E-state index in [9.17, 15) is 0 Å². The highest BCUT2D eigenvalue weighted by atomic mass is 16.5. The van der Waals surface area contributed by atoms with Gasteiger partial charge < -0.3 is 15.8 Å². The third-order valence-electron chi connectivity index (χ3n) is 7.31. The number of nitrogens with zero attached hydrogens (tertiary/aromatic N) is 6. The molecule has 1 aliphatic heterocycles. The van der Waals surface area contributed by atoms with Crippen molar-refractivity contribution in [1.29, 1.82) is 0 Å². The van der Waals surface area contributed by atoms with E-state index < -0.39 is 5.54 Å². The summed E-state index contributed by atoms with van der Waals surface area (Å²) in [4.78, 5) is 18.6.